The van der Waals surface area contributed by atoms with Gasteiger partial charge in [0.15, 0.2) is 0 Å². The number of amides is 1. The van der Waals surface area contributed by atoms with Crippen LogP contribution in [0.5, 0.6) is 0 Å². The first-order chi connectivity index (χ1) is 16.9. The van der Waals surface area contributed by atoms with E-state index in [1.165, 1.54) is 15.8 Å². The molecule has 0 spiro atoms. The van der Waals surface area contributed by atoms with Gasteiger partial charge in [0.25, 0.3) is 5.56 Å². The molecule has 5 rings (SSSR count). The Hall–Kier alpha value is -4.13. The van der Waals surface area contributed by atoms with Crippen molar-refractivity contribution in [2.24, 2.45) is 0 Å². The Morgan fingerprint density at radius 1 is 1.00 bits per heavy atom. The molecule has 0 aliphatic rings. The van der Waals surface area contributed by atoms with E-state index >= 15 is 0 Å². The fraction of sp³-hybridized carbons (Fsp3) is 0.250. The van der Waals surface area contributed by atoms with E-state index in [9.17, 15) is 9.59 Å². The van der Waals surface area contributed by atoms with Crippen molar-refractivity contribution >= 4 is 27.6 Å². The third-order valence-corrected chi connectivity index (χ3v) is 6.75. The normalized spacial score (nSPS) is 11.4. The van der Waals surface area contributed by atoms with Gasteiger partial charge in [-0.3, -0.25) is 9.59 Å². The Morgan fingerprint density at radius 2 is 1.77 bits per heavy atom. The summed E-state index contributed by atoms with van der Waals surface area (Å²) in [5, 5.41) is 9.83. The molecule has 3 aromatic heterocycles. The second-order valence-corrected chi connectivity index (χ2v) is 9.10. The van der Waals surface area contributed by atoms with Crippen molar-refractivity contribution in [2.45, 2.75) is 40.3 Å². The highest BCUT2D eigenvalue weighted by atomic mass is 16.2. The van der Waals surface area contributed by atoms with Gasteiger partial charge in [-0.05, 0) is 44.4 Å². The minimum Gasteiger partial charge on any atom is -0.361 e. The highest BCUT2D eigenvalue weighted by Gasteiger charge is 2.17. The van der Waals surface area contributed by atoms with Crippen molar-refractivity contribution in [3.8, 4) is 0 Å². The molecule has 0 bridgehead atoms. The molecule has 2 N–H and O–H groups in total. The lowest BCUT2D eigenvalue weighted by Crippen LogP contribution is -2.34. The maximum atomic E-state index is 13.3. The second kappa shape index (κ2) is 9.25. The summed E-state index contributed by atoms with van der Waals surface area (Å²) in [6, 6.07) is 16.5. The number of benzene rings is 2. The van der Waals surface area contributed by atoms with Crippen LogP contribution < -0.4 is 10.9 Å². The molecule has 0 unspecified atom stereocenters. The van der Waals surface area contributed by atoms with Crippen LogP contribution in [-0.4, -0.2) is 31.8 Å². The van der Waals surface area contributed by atoms with Crippen LogP contribution in [0.3, 0.4) is 0 Å². The number of rotatable bonds is 7. The fourth-order valence-electron chi connectivity index (χ4n) is 4.74. The van der Waals surface area contributed by atoms with Gasteiger partial charge in [0.05, 0.1) is 11.6 Å². The predicted molar refractivity (Wildman–Crippen MR) is 139 cm³/mol. The zero-order chi connectivity index (χ0) is 24.5. The molecule has 0 aliphatic carbocycles. The summed E-state index contributed by atoms with van der Waals surface area (Å²) in [5.74, 6) is -0.229. The molecule has 3 heterocycles. The number of nitrogens with one attached hydrogen (secondary N) is 2. The maximum Gasteiger partial charge on any atom is 0.276 e. The maximum absolute atomic E-state index is 13.3. The molecule has 7 heteroatoms. The topological polar surface area (TPSA) is 84.7 Å². The van der Waals surface area contributed by atoms with E-state index in [0.29, 0.717) is 24.9 Å². The number of aromatic amines is 1. The molecule has 2 aromatic carbocycles. The van der Waals surface area contributed by atoms with Gasteiger partial charge in [-0.1, -0.05) is 48.0 Å². The van der Waals surface area contributed by atoms with Crippen molar-refractivity contribution in [1.29, 1.82) is 0 Å². The minimum atomic E-state index is -0.238. The number of fused-ring (bicyclic) bond motifs is 2. The third-order valence-electron chi connectivity index (χ3n) is 6.75. The number of hydrogen-bond acceptors (Lipinski definition) is 3. The number of para-hydroxylation sites is 1. The number of nitrogens with zero attached hydrogens (tertiary/aromatic N) is 3. The molecule has 35 heavy (non-hydrogen) atoms. The summed E-state index contributed by atoms with van der Waals surface area (Å²) in [6.07, 6.45) is 4.38. The molecule has 178 valence electrons. The summed E-state index contributed by atoms with van der Waals surface area (Å²) in [6.45, 7) is 7.09. The van der Waals surface area contributed by atoms with Crippen LogP contribution in [0, 0.1) is 20.8 Å². The molecular weight excluding hydrogens is 438 g/mol. The van der Waals surface area contributed by atoms with Crippen molar-refractivity contribution in [3.05, 3.63) is 99.4 Å². The van der Waals surface area contributed by atoms with Crippen LogP contribution in [0.2, 0.25) is 0 Å². The van der Waals surface area contributed by atoms with E-state index in [1.54, 1.807) is 6.20 Å². The molecule has 7 nitrogen and oxygen atoms in total. The first kappa shape index (κ1) is 22.7. The molecule has 0 fully saturated rings. The summed E-state index contributed by atoms with van der Waals surface area (Å²) >= 11 is 0. The quantitative estimate of drug-likeness (QED) is 0.379. The summed E-state index contributed by atoms with van der Waals surface area (Å²) < 4.78 is 3.40. The van der Waals surface area contributed by atoms with Gasteiger partial charge in [0.2, 0.25) is 5.91 Å². The fourth-order valence-corrected chi connectivity index (χ4v) is 4.74. The van der Waals surface area contributed by atoms with Crippen LogP contribution in [0.1, 0.15) is 28.1 Å². The Labute approximate surface area is 203 Å². The number of aromatic nitrogens is 4. The lowest BCUT2D eigenvalue weighted by molar-refractivity contribution is -0.121. The van der Waals surface area contributed by atoms with E-state index in [2.05, 4.69) is 57.2 Å². The molecule has 0 saturated heterocycles. The standard InChI is InChI=1S/C28H29N5O2/c1-18-8-10-21(11-9-18)16-32-19(2)24-15-31-33(28(35)27(24)20(32)3)17-26(34)29-13-12-22-14-30-25-7-5-4-6-23(22)25/h4-11,14-15,30H,12-13,16-17H2,1-3H3,(H,29,34). The lowest BCUT2D eigenvalue weighted by Gasteiger charge is -2.09. The average molecular weight is 468 g/mol. The molecule has 0 saturated carbocycles. The van der Waals surface area contributed by atoms with Gasteiger partial charge < -0.3 is 14.9 Å². The van der Waals surface area contributed by atoms with Crippen LogP contribution >= 0.6 is 0 Å². The van der Waals surface area contributed by atoms with Crippen LogP contribution in [-0.2, 0) is 24.3 Å². The largest absolute Gasteiger partial charge is 0.361 e. The zero-order valence-corrected chi connectivity index (χ0v) is 20.3. The van der Waals surface area contributed by atoms with E-state index in [0.717, 1.165) is 33.2 Å². The highest BCUT2D eigenvalue weighted by Crippen LogP contribution is 2.23. The van der Waals surface area contributed by atoms with Crippen molar-refractivity contribution in [1.82, 2.24) is 24.6 Å². The molecule has 1 amide bonds. The van der Waals surface area contributed by atoms with Crippen LogP contribution in [0.4, 0.5) is 0 Å². The van der Waals surface area contributed by atoms with Crippen LogP contribution in [0.15, 0.2) is 65.7 Å². The second-order valence-electron chi connectivity index (χ2n) is 9.10. The Kier molecular flexibility index (Phi) is 5.99. The Morgan fingerprint density at radius 3 is 2.57 bits per heavy atom. The van der Waals surface area contributed by atoms with E-state index in [4.69, 9.17) is 0 Å². The van der Waals surface area contributed by atoms with Gasteiger partial charge in [0, 0.05) is 47.0 Å². The predicted octanol–water partition coefficient (Wildman–Crippen LogP) is 4.01. The van der Waals surface area contributed by atoms with Crippen molar-refractivity contribution in [3.63, 3.8) is 0 Å². The van der Waals surface area contributed by atoms with Gasteiger partial charge in [-0.25, -0.2) is 4.68 Å². The third kappa shape index (κ3) is 4.37. The minimum absolute atomic E-state index is 0.107. The number of carbonyl (C=O) groups excluding carboxylic acids is 1. The monoisotopic (exact) mass is 467 g/mol. The molecule has 0 atom stereocenters. The number of aryl methyl sites for hydroxylation is 3. The molecule has 0 aliphatic heterocycles. The van der Waals surface area contributed by atoms with E-state index in [1.807, 2.05) is 38.2 Å². The van der Waals surface area contributed by atoms with Gasteiger partial charge in [-0.15, -0.1) is 0 Å². The SMILES string of the molecule is Cc1ccc(Cn2c(C)c3cnn(CC(=O)NCCc4c[nH]c5ccccc45)c(=O)c3c2C)cc1. The average Bonchev–Trinajstić information content (AvgIpc) is 3.37. The van der Waals surface area contributed by atoms with Gasteiger partial charge in [-0.2, -0.15) is 5.10 Å². The van der Waals surface area contributed by atoms with Crippen LogP contribution in [0.25, 0.3) is 21.7 Å². The van der Waals surface area contributed by atoms with E-state index < -0.39 is 0 Å². The van der Waals surface area contributed by atoms with Gasteiger partial charge in [0.1, 0.15) is 6.54 Å². The molecule has 0 radical (unpaired) electrons. The first-order valence-corrected chi connectivity index (χ1v) is 11.8. The zero-order valence-electron chi connectivity index (χ0n) is 20.3. The summed E-state index contributed by atoms with van der Waals surface area (Å²) in [4.78, 5) is 29.1. The molecular formula is C28H29N5O2. The number of H-pyrrole nitrogens is 1. The van der Waals surface area contributed by atoms with Crippen molar-refractivity contribution in [2.75, 3.05) is 6.54 Å². The Bertz CT molecular complexity index is 1590. The summed E-state index contributed by atoms with van der Waals surface area (Å²) in [7, 11) is 0. The van der Waals surface area contributed by atoms with Crippen molar-refractivity contribution < 1.29 is 4.79 Å². The lowest BCUT2D eigenvalue weighted by atomic mass is 10.1. The first-order valence-electron chi connectivity index (χ1n) is 11.8. The smallest absolute Gasteiger partial charge is 0.276 e. The number of hydrogen-bond donors (Lipinski definition) is 2. The van der Waals surface area contributed by atoms with Gasteiger partial charge >= 0.3 is 0 Å². The highest BCUT2D eigenvalue weighted by molar-refractivity contribution is 5.87. The molecule has 5 aromatic rings. The Balaban J connectivity index is 1.30. The number of carbonyl (C=O) groups is 1. The van der Waals surface area contributed by atoms with E-state index in [-0.39, 0.29) is 18.0 Å². The summed E-state index contributed by atoms with van der Waals surface area (Å²) in [5.41, 5.74) is 6.27.